The Bertz CT molecular complexity index is 994. The summed E-state index contributed by atoms with van der Waals surface area (Å²) in [4.78, 5) is 13.2. The zero-order valence-electron chi connectivity index (χ0n) is 17.2. The van der Waals surface area contributed by atoms with Crippen molar-refractivity contribution in [1.29, 1.82) is 0 Å². The lowest BCUT2D eigenvalue weighted by molar-refractivity contribution is 0.0894. The van der Waals surface area contributed by atoms with Crippen molar-refractivity contribution in [2.45, 2.75) is 57.8 Å². The summed E-state index contributed by atoms with van der Waals surface area (Å²) in [5, 5.41) is 12.4. The van der Waals surface area contributed by atoms with Gasteiger partial charge >= 0.3 is 0 Å². The molecular weight excluding hydrogens is 356 g/mol. The van der Waals surface area contributed by atoms with Gasteiger partial charge in [0.1, 0.15) is 5.75 Å². The average molecular weight is 387 g/mol. The zero-order chi connectivity index (χ0) is 20.2. The standard InChI is InChI=1S/C27H30O2/c1-2-19-8-5-15-22(16-19)20-11-6-13-21(14-7-12-20)27(29)25-17-23-9-3-4-10-24(23)18-26(25)28/h3-5,8-10,15-18,20-21,28H,2,6-7,11-14H2,1H3. The van der Waals surface area contributed by atoms with Gasteiger partial charge in [0.05, 0.1) is 5.56 Å². The van der Waals surface area contributed by atoms with Crippen LogP contribution in [0.3, 0.4) is 0 Å². The Balaban J connectivity index is 1.46. The van der Waals surface area contributed by atoms with Gasteiger partial charge in [0.25, 0.3) is 0 Å². The monoisotopic (exact) mass is 386 g/mol. The molecule has 0 heterocycles. The average Bonchev–Trinajstić information content (AvgIpc) is 2.73. The summed E-state index contributed by atoms with van der Waals surface area (Å²) >= 11 is 0. The summed E-state index contributed by atoms with van der Waals surface area (Å²) in [7, 11) is 0. The lowest BCUT2D eigenvalue weighted by Gasteiger charge is -2.25. The largest absolute Gasteiger partial charge is 0.507 e. The molecule has 0 radical (unpaired) electrons. The molecule has 1 aliphatic rings. The van der Waals surface area contributed by atoms with Crippen LogP contribution in [0.25, 0.3) is 10.8 Å². The van der Waals surface area contributed by atoms with Crippen molar-refractivity contribution in [3.8, 4) is 5.75 Å². The van der Waals surface area contributed by atoms with E-state index < -0.39 is 0 Å². The van der Waals surface area contributed by atoms with Gasteiger partial charge < -0.3 is 5.11 Å². The smallest absolute Gasteiger partial charge is 0.169 e. The molecule has 0 bridgehead atoms. The molecule has 0 saturated heterocycles. The van der Waals surface area contributed by atoms with Gasteiger partial charge in [-0.3, -0.25) is 4.79 Å². The number of aromatic hydroxyl groups is 1. The Morgan fingerprint density at radius 3 is 2.28 bits per heavy atom. The number of hydrogen-bond acceptors (Lipinski definition) is 2. The molecule has 2 nitrogen and oxygen atoms in total. The van der Waals surface area contributed by atoms with E-state index in [9.17, 15) is 9.90 Å². The summed E-state index contributed by atoms with van der Waals surface area (Å²) in [5.41, 5.74) is 3.35. The van der Waals surface area contributed by atoms with E-state index in [0.29, 0.717) is 11.5 Å². The SMILES string of the molecule is CCc1cccc(C2CCCC(C(=O)c3cc4ccccc4cc3O)CCC2)c1. The zero-order valence-corrected chi connectivity index (χ0v) is 17.2. The normalized spacial score (nSPS) is 20.2. The number of phenolic OH excluding ortho intramolecular Hbond substituents is 1. The number of hydrogen-bond donors (Lipinski definition) is 1. The topological polar surface area (TPSA) is 37.3 Å². The number of ketones is 1. The van der Waals surface area contributed by atoms with Gasteiger partial charge in [-0.1, -0.05) is 68.3 Å². The van der Waals surface area contributed by atoms with Crippen LogP contribution in [0.1, 0.15) is 72.9 Å². The summed E-state index contributed by atoms with van der Waals surface area (Å²) in [5.74, 6) is 0.848. The first-order valence-electron chi connectivity index (χ1n) is 11.0. The van der Waals surface area contributed by atoms with E-state index >= 15 is 0 Å². The van der Waals surface area contributed by atoms with Gasteiger partial charge in [-0.05, 0) is 72.1 Å². The van der Waals surface area contributed by atoms with Crippen molar-refractivity contribution in [3.05, 3.63) is 77.4 Å². The second-order valence-electron chi connectivity index (χ2n) is 8.44. The van der Waals surface area contributed by atoms with E-state index in [2.05, 4.69) is 31.2 Å². The van der Waals surface area contributed by atoms with Crippen LogP contribution >= 0.6 is 0 Å². The van der Waals surface area contributed by atoms with Crippen LogP contribution in [0.5, 0.6) is 5.75 Å². The van der Waals surface area contributed by atoms with Gasteiger partial charge in [0, 0.05) is 5.92 Å². The minimum absolute atomic E-state index is 0.0185. The molecule has 0 spiro atoms. The third-order valence-corrected chi connectivity index (χ3v) is 6.54. The van der Waals surface area contributed by atoms with Crippen LogP contribution < -0.4 is 0 Å². The van der Waals surface area contributed by atoms with Gasteiger partial charge in [-0.25, -0.2) is 0 Å². The van der Waals surface area contributed by atoms with Crippen molar-refractivity contribution in [2.24, 2.45) is 5.92 Å². The number of fused-ring (bicyclic) bond motifs is 1. The fourth-order valence-electron chi connectivity index (χ4n) is 4.82. The molecule has 2 heteroatoms. The molecule has 0 aliphatic heterocycles. The molecule has 0 unspecified atom stereocenters. The molecule has 0 atom stereocenters. The summed E-state index contributed by atoms with van der Waals surface area (Å²) in [6.45, 7) is 2.20. The number of carbonyl (C=O) groups is 1. The fraction of sp³-hybridized carbons (Fsp3) is 0.370. The van der Waals surface area contributed by atoms with E-state index in [4.69, 9.17) is 0 Å². The molecule has 1 aliphatic carbocycles. The van der Waals surface area contributed by atoms with Crippen molar-refractivity contribution < 1.29 is 9.90 Å². The minimum atomic E-state index is 0.0185. The molecule has 3 aromatic rings. The van der Waals surface area contributed by atoms with Crippen LogP contribution in [-0.2, 0) is 6.42 Å². The number of aryl methyl sites for hydroxylation is 1. The fourth-order valence-corrected chi connectivity index (χ4v) is 4.82. The quantitative estimate of drug-likeness (QED) is 0.488. The van der Waals surface area contributed by atoms with E-state index in [1.165, 1.54) is 11.1 Å². The molecule has 150 valence electrons. The molecule has 1 fully saturated rings. The molecule has 1 N–H and O–H groups in total. The number of benzene rings is 3. The molecule has 0 aromatic heterocycles. The Hall–Kier alpha value is -2.61. The van der Waals surface area contributed by atoms with Gasteiger partial charge in [-0.15, -0.1) is 0 Å². The highest BCUT2D eigenvalue weighted by Crippen LogP contribution is 2.36. The van der Waals surface area contributed by atoms with Gasteiger partial charge in [0.2, 0.25) is 0 Å². The second kappa shape index (κ2) is 8.82. The first-order chi connectivity index (χ1) is 14.2. The predicted octanol–water partition coefficient (Wildman–Crippen LogP) is 7.04. The first kappa shape index (κ1) is 19.7. The third kappa shape index (κ3) is 4.37. The minimum Gasteiger partial charge on any atom is -0.507 e. The Morgan fingerprint density at radius 2 is 1.59 bits per heavy atom. The Kier molecular flexibility index (Phi) is 5.99. The van der Waals surface area contributed by atoms with Crippen LogP contribution in [-0.4, -0.2) is 10.9 Å². The molecule has 3 aromatic carbocycles. The maximum Gasteiger partial charge on any atom is 0.169 e. The van der Waals surface area contributed by atoms with Gasteiger partial charge in [-0.2, -0.15) is 0 Å². The predicted molar refractivity (Wildman–Crippen MR) is 120 cm³/mol. The molecule has 4 rings (SSSR count). The number of Topliss-reactive ketones (excluding diaryl/α,β-unsaturated/α-hetero) is 1. The van der Waals surface area contributed by atoms with E-state index in [1.807, 2.05) is 30.3 Å². The lowest BCUT2D eigenvalue weighted by atomic mass is 9.79. The maximum absolute atomic E-state index is 13.2. The summed E-state index contributed by atoms with van der Waals surface area (Å²) in [6.07, 6.45) is 7.30. The highest BCUT2D eigenvalue weighted by molar-refractivity contribution is 6.04. The highest BCUT2D eigenvalue weighted by Gasteiger charge is 2.25. The van der Waals surface area contributed by atoms with Crippen LogP contribution in [0.2, 0.25) is 0 Å². The number of rotatable bonds is 4. The van der Waals surface area contributed by atoms with E-state index in [0.717, 1.165) is 55.7 Å². The lowest BCUT2D eigenvalue weighted by Crippen LogP contribution is -2.18. The maximum atomic E-state index is 13.2. The molecular formula is C27H30O2. The molecule has 1 saturated carbocycles. The van der Waals surface area contributed by atoms with E-state index in [-0.39, 0.29) is 17.5 Å². The van der Waals surface area contributed by atoms with Crippen molar-refractivity contribution in [2.75, 3.05) is 0 Å². The van der Waals surface area contributed by atoms with Gasteiger partial charge in [0.15, 0.2) is 5.78 Å². The number of carbonyl (C=O) groups excluding carboxylic acids is 1. The second-order valence-corrected chi connectivity index (χ2v) is 8.44. The molecule has 29 heavy (non-hydrogen) atoms. The summed E-state index contributed by atoms with van der Waals surface area (Å²) in [6, 6.07) is 20.5. The van der Waals surface area contributed by atoms with Crippen LogP contribution in [0.15, 0.2) is 60.7 Å². The number of phenols is 1. The third-order valence-electron chi connectivity index (χ3n) is 6.54. The van der Waals surface area contributed by atoms with Crippen molar-refractivity contribution >= 4 is 16.6 Å². The Morgan fingerprint density at radius 1 is 0.897 bits per heavy atom. The van der Waals surface area contributed by atoms with E-state index in [1.54, 1.807) is 6.07 Å². The van der Waals surface area contributed by atoms with Crippen LogP contribution in [0.4, 0.5) is 0 Å². The van der Waals surface area contributed by atoms with Crippen molar-refractivity contribution in [3.63, 3.8) is 0 Å². The molecule has 0 amide bonds. The van der Waals surface area contributed by atoms with Crippen molar-refractivity contribution in [1.82, 2.24) is 0 Å². The highest BCUT2D eigenvalue weighted by atomic mass is 16.3. The summed E-state index contributed by atoms with van der Waals surface area (Å²) < 4.78 is 0. The Labute approximate surface area is 173 Å². The first-order valence-corrected chi connectivity index (χ1v) is 11.0. The van der Waals surface area contributed by atoms with Crippen LogP contribution in [0, 0.1) is 5.92 Å².